The molecule has 0 aliphatic carbocycles. The Balaban J connectivity index is 1.98. The van der Waals surface area contributed by atoms with Gasteiger partial charge in [0.25, 0.3) is 0 Å². The summed E-state index contributed by atoms with van der Waals surface area (Å²) in [6.45, 7) is 3.95. The number of carbonyl (C=O) groups is 1. The summed E-state index contributed by atoms with van der Waals surface area (Å²) in [7, 11) is 3.04. The van der Waals surface area contributed by atoms with Crippen LogP contribution < -0.4 is 18.9 Å². The van der Waals surface area contributed by atoms with Gasteiger partial charge in [0.1, 0.15) is 0 Å². The van der Waals surface area contributed by atoms with E-state index in [1.807, 2.05) is 6.92 Å². The van der Waals surface area contributed by atoms with Gasteiger partial charge in [-0.25, -0.2) is 4.79 Å². The summed E-state index contributed by atoms with van der Waals surface area (Å²) in [5.74, 6) is 1.09. The summed E-state index contributed by atoms with van der Waals surface area (Å²) in [5, 5.41) is 3.89. The highest BCUT2D eigenvalue weighted by Crippen LogP contribution is 2.52. The Hall–Kier alpha value is -2.64. The van der Waals surface area contributed by atoms with E-state index in [1.54, 1.807) is 13.0 Å². The van der Waals surface area contributed by atoms with E-state index in [0.717, 1.165) is 0 Å². The van der Waals surface area contributed by atoms with Crippen LogP contribution in [0.4, 0.5) is 0 Å². The number of carbonyl (C=O) groups excluding carboxylic acids is 1. The predicted octanol–water partition coefficient (Wildman–Crippen LogP) is 2.06. The fraction of sp³-hybridized carbons (Fsp3) is 0.500. The maximum absolute atomic E-state index is 12.0. The third kappa shape index (κ3) is 2.47. The molecule has 0 bridgehead atoms. The highest BCUT2D eigenvalue weighted by atomic mass is 16.7. The topological polar surface area (TPSA) is 84.8 Å². The number of benzene rings is 1. The smallest absolute Gasteiger partial charge is 0.356 e. The summed E-state index contributed by atoms with van der Waals surface area (Å²) >= 11 is 0. The number of hydrogen-bond donors (Lipinski definition) is 0. The lowest BCUT2D eigenvalue weighted by molar-refractivity contribution is -0.135. The normalized spacial score (nSPS) is 21.1. The monoisotopic (exact) mass is 337 g/mol. The zero-order chi connectivity index (χ0) is 17.3. The zero-order valence-corrected chi connectivity index (χ0v) is 14.0. The van der Waals surface area contributed by atoms with Crippen LogP contribution in [0.25, 0.3) is 0 Å². The molecule has 0 saturated heterocycles. The molecule has 3 rings (SSSR count). The molecule has 0 amide bonds. The lowest BCUT2D eigenvalue weighted by Gasteiger charge is -2.20. The molecule has 8 heteroatoms. The third-order valence-corrected chi connectivity index (χ3v) is 3.95. The van der Waals surface area contributed by atoms with Gasteiger partial charge in [-0.15, -0.1) is 0 Å². The summed E-state index contributed by atoms with van der Waals surface area (Å²) in [6, 6.07) is 1.76. The van der Waals surface area contributed by atoms with Crippen LogP contribution in [0.3, 0.4) is 0 Å². The Bertz CT molecular complexity index is 685. The van der Waals surface area contributed by atoms with Crippen molar-refractivity contribution in [3.05, 3.63) is 11.6 Å². The van der Waals surface area contributed by atoms with Crippen LogP contribution in [0.2, 0.25) is 0 Å². The first-order valence-corrected chi connectivity index (χ1v) is 7.57. The molecule has 130 valence electrons. The van der Waals surface area contributed by atoms with Crippen molar-refractivity contribution in [2.45, 2.75) is 20.0 Å². The minimum atomic E-state index is -0.525. The van der Waals surface area contributed by atoms with Crippen molar-refractivity contribution in [2.75, 3.05) is 27.6 Å². The maximum atomic E-state index is 12.0. The van der Waals surface area contributed by atoms with Gasteiger partial charge in [0.2, 0.25) is 18.3 Å². The zero-order valence-electron chi connectivity index (χ0n) is 14.0. The van der Waals surface area contributed by atoms with Crippen molar-refractivity contribution in [1.29, 1.82) is 0 Å². The number of esters is 1. The van der Waals surface area contributed by atoms with E-state index in [4.69, 9.17) is 28.5 Å². The van der Waals surface area contributed by atoms with E-state index in [9.17, 15) is 4.79 Å². The number of nitrogens with zero attached hydrogens (tertiary/aromatic N) is 1. The van der Waals surface area contributed by atoms with E-state index in [1.165, 1.54) is 14.2 Å². The summed E-state index contributed by atoms with van der Waals surface area (Å²) in [4.78, 5) is 17.5. The number of hydrogen-bond acceptors (Lipinski definition) is 8. The van der Waals surface area contributed by atoms with Crippen LogP contribution in [0.15, 0.2) is 11.2 Å². The number of fused-ring (bicyclic) bond motifs is 1. The second kappa shape index (κ2) is 6.46. The molecule has 0 spiro atoms. The standard InChI is InChI=1S/C16H19NO7/c1-5-21-16(18)11-8(2)12(24-17-11)9-6-10-14(23-7-22-10)15(20-4)13(9)19-3/h6,8,12H,5,7H2,1-4H3/t8-,12+/m1/s1. The molecule has 24 heavy (non-hydrogen) atoms. The SMILES string of the molecule is CCOC(=O)C1=NO[C@H](c2cc3c(c(OC)c2OC)OCO3)[C@@H]1C. The van der Waals surface area contributed by atoms with Gasteiger partial charge in [0, 0.05) is 5.56 Å². The molecule has 2 aliphatic rings. The highest BCUT2D eigenvalue weighted by Gasteiger charge is 2.40. The third-order valence-electron chi connectivity index (χ3n) is 3.95. The molecular weight excluding hydrogens is 318 g/mol. The maximum Gasteiger partial charge on any atom is 0.356 e. The molecular formula is C16H19NO7. The molecule has 2 aliphatic heterocycles. The number of rotatable bonds is 5. The van der Waals surface area contributed by atoms with Crippen LogP contribution in [0.1, 0.15) is 25.5 Å². The Morgan fingerprint density at radius 2 is 2.04 bits per heavy atom. The lowest BCUT2D eigenvalue weighted by Crippen LogP contribution is -2.24. The van der Waals surface area contributed by atoms with E-state index in [0.29, 0.717) is 28.6 Å². The first-order chi connectivity index (χ1) is 11.6. The summed E-state index contributed by atoms with van der Waals surface area (Å²) < 4.78 is 26.8. The Morgan fingerprint density at radius 3 is 2.71 bits per heavy atom. The van der Waals surface area contributed by atoms with Gasteiger partial charge in [-0.3, -0.25) is 0 Å². The van der Waals surface area contributed by atoms with E-state index >= 15 is 0 Å². The van der Waals surface area contributed by atoms with Gasteiger partial charge in [-0.2, -0.15) is 0 Å². The number of oxime groups is 1. The van der Waals surface area contributed by atoms with E-state index in [-0.39, 0.29) is 25.0 Å². The fourth-order valence-electron chi connectivity index (χ4n) is 2.81. The van der Waals surface area contributed by atoms with Crippen molar-refractivity contribution < 1.29 is 33.3 Å². The molecule has 8 nitrogen and oxygen atoms in total. The molecule has 0 radical (unpaired) electrons. The number of ether oxygens (including phenoxy) is 5. The second-order valence-electron chi connectivity index (χ2n) is 5.28. The van der Waals surface area contributed by atoms with E-state index in [2.05, 4.69) is 5.16 Å². The minimum absolute atomic E-state index is 0.101. The van der Waals surface area contributed by atoms with Crippen LogP contribution in [0, 0.1) is 5.92 Å². The Morgan fingerprint density at radius 1 is 1.29 bits per heavy atom. The van der Waals surface area contributed by atoms with Crippen LogP contribution in [-0.2, 0) is 14.4 Å². The summed E-state index contributed by atoms with van der Waals surface area (Å²) in [5.41, 5.74) is 0.898. The average molecular weight is 337 g/mol. The predicted molar refractivity (Wildman–Crippen MR) is 82.7 cm³/mol. The average Bonchev–Trinajstić information content (AvgIpc) is 3.19. The minimum Gasteiger partial charge on any atom is -0.492 e. The van der Waals surface area contributed by atoms with Crippen molar-refractivity contribution in [1.82, 2.24) is 0 Å². The van der Waals surface area contributed by atoms with Gasteiger partial charge in [0.05, 0.1) is 26.7 Å². The number of methoxy groups -OCH3 is 2. The van der Waals surface area contributed by atoms with Crippen molar-refractivity contribution in [2.24, 2.45) is 11.1 Å². The first-order valence-electron chi connectivity index (χ1n) is 7.57. The van der Waals surface area contributed by atoms with Gasteiger partial charge in [-0.1, -0.05) is 12.1 Å². The molecule has 0 N–H and O–H groups in total. The van der Waals surface area contributed by atoms with Crippen molar-refractivity contribution >= 4 is 11.7 Å². The first kappa shape index (κ1) is 16.2. The second-order valence-corrected chi connectivity index (χ2v) is 5.28. The van der Waals surface area contributed by atoms with Crippen LogP contribution in [0.5, 0.6) is 23.0 Å². The highest BCUT2D eigenvalue weighted by molar-refractivity contribution is 6.37. The fourth-order valence-corrected chi connectivity index (χ4v) is 2.81. The molecule has 2 heterocycles. The van der Waals surface area contributed by atoms with Crippen LogP contribution in [-0.4, -0.2) is 39.3 Å². The quantitative estimate of drug-likeness (QED) is 0.760. The van der Waals surface area contributed by atoms with Crippen LogP contribution >= 0.6 is 0 Å². The van der Waals surface area contributed by atoms with Gasteiger partial charge < -0.3 is 28.5 Å². The van der Waals surface area contributed by atoms with Gasteiger partial charge >= 0.3 is 5.97 Å². The van der Waals surface area contributed by atoms with Gasteiger partial charge in [0.15, 0.2) is 23.3 Å². The Labute approximate surface area is 139 Å². The van der Waals surface area contributed by atoms with E-state index < -0.39 is 12.1 Å². The van der Waals surface area contributed by atoms with Gasteiger partial charge in [-0.05, 0) is 13.0 Å². The summed E-state index contributed by atoms with van der Waals surface area (Å²) in [6.07, 6.45) is -0.525. The molecule has 1 aromatic rings. The molecule has 0 saturated carbocycles. The molecule has 2 atom stereocenters. The van der Waals surface area contributed by atoms with Crippen molar-refractivity contribution in [3.63, 3.8) is 0 Å². The molecule has 1 aromatic carbocycles. The molecule has 0 aromatic heterocycles. The lowest BCUT2D eigenvalue weighted by atomic mass is 9.92. The largest absolute Gasteiger partial charge is 0.492 e. The molecule has 0 unspecified atom stereocenters. The van der Waals surface area contributed by atoms with Crippen molar-refractivity contribution in [3.8, 4) is 23.0 Å². The Kier molecular flexibility index (Phi) is 4.37. The molecule has 0 fully saturated rings.